The number of nitrogens with one attached hydrogen (secondary N) is 2. The number of carbonyl (C=O) groups is 2. The van der Waals surface area contributed by atoms with Gasteiger partial charge >= 0.3 is 0 Å². The molecule has 0 spiro atoms. The average Bonchev–Trinajstić information content (AvgIpc) is 2.74. The topological polar surface area (TPSA) is 67.4 Å². The van der Waals surface area contributed by atoms with Crippen molar-refractivity contribution in [1.82, 2.24) is 5.32 Å². The molecule has 2 N–H and O–H groups in total. The zero-order valence-corrected chi connectivity index (χ0v) is 16.2. The molecule has 0 saturated heterocycles. The normalized spacial score (nSPS) is 10.2. The predicted octanol–water partition coefficient (Wildman–Crippen LogP) is 4.57. The SMILES string of the molecule is CSc1ccc(NC(=O)CNC(=O)c2ccc(Oc3ccccc3)cc2)cc1. The van der Waals surface area contributed by atoms with Gasteiger partial charge in [0.1, 0.15) is 11.5 Å². The fourth-order valence-corrected chi connectivity index (χ4v) is 2.85. The number of amides is 2. The van der Waals surface area contributed by atoms with Gasteiger partial charge < -0.3 is 15.4 Å². The van der Waals surface area contributed by atoms with Gasteiger partial charge in [0.25, 0.3) is 5.91 Å². The summed E-state index contributed by atoms with van der Waals surface area (Å²) in [6.45, 7) is -0.106. The Bertz CT molecular complexity index is 926. The molecular formula is C22H20N2O3S. The average molecular weight is 392 g/mol. The number of thioether (sulfide) groups is 1. The minimum absolute atomic E-state index is 0.106. The fraction of sp³-hybridized carbons (Fsp3) is 0.0909. The molecule has 28 heavy (non-hydrogen) atoms. The predicted molar refractivity (Wildman–Crippen MR) is 112 cm³/mol. The van der Waals surface area contributed by atoms with Crippen LogP contribution in [0.2, 0.25) is 0 Å². The Hall–Kier alpha value is -3.25. The van der Waals surface area contributed by atoms with E-state index in [1.807, 2.05) is 60.9 Å². The third-order valence-corrected chi connectivity index (χ3v) is 4.62. The number of para-hydroxylation sites is 1. The fourth-order valence-electron chi connectivity index (χ4n) is 2.44. The zero-order valence-electron chi connectivity index (χ0n) is 15.3. The molecule has 0 radical (unpaired) electrons. The van der Waals surface area contributed by atoms with E-state index in [0.717, 1.165) is 10.6 Å². The van der Waals surface area contributed by atoms with Crippen molar-refractivity contribution in [2.24, 2.45) is 0 Å². The van der Waals surface area contributed by atoms with E-state index in [4.69, 9.17) is 4.74 Å². The lowest BCUT2D eigenvalue weighted by Gasteiger charge is -2.09. The second-order valence-corrected chi connectivity index (χ2v) is 6.78. The van der Waals surface area contributed by atoms with Crippen molar-refractivity contribution < 1.29 is 14.3 Å². The standard InChI is InChI=1S/C22H20N2O3S/c1-28-20-13-9-17(10-14-20)24-21(25)15-23-22(26)16-7-11-19(12-8-16)27-18-5-3-2-4-6-18/h2-14H,15H2,1H3,(H,23,26)(H,24,25). The lowest BCUT2D eigenvalue weighted by Crippen LogP contribution is -2.32. The van der Waals surface area contributed by atoms with Gasteiger partial charge in [0, 0.05) is 16.1 Å². The van der Waals surface area contributed by atoms with E-state index in [0.29, 0.717) is 17.0 Å². The first-order chi connectivity index (χ1) is 13.6. The van der Waals surface area contributed by atoms with Crippen LogP contribution in [0, 0.1) is 0 Å². The van der Waals surface area contributed by atoms with Gasteiger partial charge in [-0.3, -0.25) is 9.59 Å². The molecule has 2 amide bonds. The van der Waals surface area contributed by atoms with E-state index in [2.05, 4.69) is 10.6 Å². The van der Waals surface area contributed by atoms with Crippen molar-refractivity contribution in [2.45, 2.75) is 4.90 Å². The second-order valence-electron chi connectivity index (χ2n) is 5.90. The first-order valence-electron chi connectivity index (χ1n) is 8.69. The molecule has 6 heteroatoms. The van der Waals surface area contributed by atoms with Crippen molar-refractivity contribution in [2.75, 3.05) is 18.1 Å². The summed E-state index contributed by atoms with van der Waals surface area (Å²) in [6, 6.07) is 23.7. The summed E-state index contributed by atoms with van der Waals surface area (Å²) in [4.78, 5) is 25.3. The van der Waals surface area contributed by atoms with Crippen LogP contribution < -0.4 is 15.4 Å². The third kappa shape index (κ3) is 5.62. The van der Waals surface area contributed by atoms with Crippen LogP contribution in [-0.4, -0.2) is 24.6 Å². The lowest BCUT2D eigenvalue weighted by atomic mass is 10.2. The molecule has 3 rings (SSSR count). The van der Waals surface area contributed by atoms with Gasteiger partial charge in [-0.2, -0.15) is 0 Å². The van der Waals surface area contributed by atoms with E-state index in [-0.39, 0.29) is 18.4 Å². The van der Waals surface area contributed by atoms with Crippen LogP contribution in [-0.2, 0) is 4.79 Å². The Kier molecular flexibility index (Phi) is 6.70. The van der Waals surface area contributed by atoms with Gasteiger partial charge in [0.05, 0.1) is 6.54 Å². The smallest absolute Gasteiger partial charge is 0.251 e. The Morgan fingerprint density at radius 3 is 2.14 bits per heavy atom. The van der Waals surface area contributed by atoms with Crippen LogP contribution in [0.4, 0.5) is 5.69 Å². The summed E-state index contributed by atoms with van der Waals surface area (Å²) in [5.41, 5.74) is 1.15. The van der Waals surface area contributed by atoms with Crippen molar-refractivity contribution in [3.8, 4) is 11.5 Å². The molecule has 0 bridgehead atoms. The first-order valence-corrected chi connectivity index (χ1v) is 9.91. The summed E-state index contributed by atoms with van der Waals surface area (Å²) >= 11 is 1.63. The van der Waals surface area contributed by atoms with Crippen LogP contribution in [0.25, 0.3) is 0 Å². The molecule has 0 saturated carbocycles. The van der Waals surface area contributed by atoms with Crippen molar-refractivity contribution in [3.63, 3.8) is 0 Å². The van der Waals surface area contributed by atoms with Crippen molar-refractivity contribution >= 4 is 29.3 Å². The van der Waals surface area contributed by atoms with E-state index >= 15 is 0 Å². The van der Waals surface area contributed by atoms with Gasteiger partial charge in [-0.25, -0.2) is 0 Å². The van der Waals surface area contributed by atoms with Crippen LogP contribution in [0.15, 0.2) is 83.8 Å². The maximum absolute atomic E-state index is 12.2. The maximum atomic E-state index is 12.2. The third-order valence-electron chi connectivity index (χ3n) is 3.88. The minimum atomic E-state index is -0.320. The summed E-state index contributed by atoms with van der Waals surface area (Å²) in [6.07, 6.45) is 1.99. The molecule has 0 aliphatic carbocycles. The van der Waals surface area contributed by atoms with Crippen LogP contribution in [0.3, 0.4) is 0 Å². The number of ether oxygens (including phenoxy) is 1. The van der Waals surface area contributed by atoms with Crippen molar-refractivity contribution in [1.29, 1.82) is 0 Å². The Labute approximate surface area is 168 Å². The number of benzene rings is 3. The van der Waals surface area contributed by atoms with Gasteiger partial charge in [-0.1, -0.05) is 18.2 Å². The molecule has 3 aromatic rings. The molecule has 0 unspecified atom stereocenters. The van der Waals surface area contributed by atoms with Crippen molar-refractivity contribution in [3.05, 3.63) is 84.4 Å². The van der Waals surface area contributed by atoms with E-state index < -0.39 is 0 Å². The Morgan fingerprint density at radius 1 is 0.857 bits per heavy atom. The highest BCUT2D eigenvalue weighted by molar-refractivity contribution is 7.98. The van der Waals surface area contributed by atoms with Gasteiger partial charge in [-0.05, 0) is 66.9 Å². The Balaban J connectivity index is 1.49. The van der Waals surface area contributed by atoms with E-state index in [1.165, 1.54) is 0 Å². The minimum Gasteiger partial charge on any atom is -0.457 e. The summed E-state index contributed by atoms with van der Waals surface area (Å²) < 4.78 is 5.70. The molecule has 0 fully saturated rings. The molecular weight excluding hydrogens is 372 g/mol. The number of anilines is 1. The van der Waals surface area contributed by atoms with E-state index in [1.54, 1.807) is 36.0 Å². The molecule has 142 valence electrons. The highest BCUT2D eigenvalue weighted by atomic mass is 32.2. The van der Waals surface area contributed by atoms with Gasteiger partial charge in [-0.15, -0.1) is 11.8 Å². The zero-order chi connectivity index (χ0) is 19.8. The van der Waals surface area contributed by atoms with Crippen LogP contribution in [0.1, 0.15) is 10.4 Å². The van der Waals surface area contributed by atoms with Gasteiger partial charge in [0.2, 0.25) is 5.91 Å². The number of rotatable bonds is 7. The highest BCUT2D eigenvalue weighted by Gasteiger charge is 2.09. The van der Waals surface area contributed by atoms with Crippen LogP contribution in [0.5, 0.6) is 11.5 Å². The Morgan fingerprint density at radius 2 is 1.50 bits per heavy atom. The second kappa shape index (κ2) is 9.62. The lowest BCUT2D eigenvalue weighted by molar-refractivity contribution is -0.115. The summed E-state index contributed by atoms with van der Waals surface area (Å²) in [7, 11) is 0. The monoisotopic (exact) mass is 392 g/mol. The number of carbonyl (C=O) groups excluding carboxylic acids is 2. The van der Waals surface area contributed by atoms with Crippen LogP contribution >= 0.6 is 11.8 Å². The number of hydrogen-bond donors (Lipinski definition) is 2. The molecule has 0 heterocycles. The molecule has 0 atom stereocenters. The molecule has 0 aromatic heterocycles. The summed E-state index contributed by atoms with van der Waals surface area (Å²) in [5.74, 6) is 0.754. The molecule has 0 aliphatic heterocycles. The largest absolute Gasteiger partial charge is 0.457 e. The highest BCUT2D eigenvalue weighted by Crippen LogP contribution is 2.21. The maximum Gasteiger partial charge on any atom is 0.251 e. The van der Waals surface area contributed by atoms with E-state index in [9.17, 15) is 9.59 Å². The molecule has 0 aliphatic rings. The molecule has 3 aromatic carbocycles. The summed E-state index contributed by atoms with van der Waals surface area (Å²) in [5, 5.41) is 5.37. The molecule has 5 nitrogen and oxygen atoms in total. The van der Waals surface area contributed by atoms with Gasteiger partial charge in [0.15, 0.2) is 0 Å². The first kappa shape index (κ1) is 19.5. The number of hydrogen-bond acceptors (Lipinski definition) is 4. The quantitative estimate of drug-likeness (QED) is 0.578.